The third kappa shape index (κ3) is 2.93. The maximum Gasteiger partial charge on any atom is 0.0866 e. The van der Waals surface area contributed by atoms with Gasteiger partial charge in [0.1, 0.15) is 0 Å². The third-order valence-electron chi connectivity index (χ3n) is 5.63. The van der Waals surface area contributed by atoms with Gasteiger partial charge in [-0.2, -0.15) is 0 Å². The van der Waals surface area contributed by atoms with Crippen LogP contribution in [0.1, 0.15) is 42.0 Å². The van der Waals surface area contributed by atoms with Crippen molar-refractivity contribution in [3.8, 4) is 0 Å². The van der Waals surface area contributed by atoms with Crippen molar-refractivity contribution < 1.29 is 4.74 Å². The Balaban J connectivity index is 1.64. The second-order valence-corrected chi connectivity index (χ2v) is 7.96. The number of rotatable bonds is 3. The second kappa shape index (κ2) is 6.28. The number of hydrogen-bond acceptors (Lipinski definition) is 2. The molecule has 0 aromatic heterocycles. The van der Waals surface area contributed by atoms with E-state index in [0.717, 1.165) is 41.4 Å². The van der Waals surface area contributed by atoms with Gasteiger partial charge >= 0.3 is 0 Å². The Morgan fingerprint density at radius 2 is 2.04 bits per heavy atom. The highest BCUT2D eigenvalue weighted by molar-refractivity contribution is 6.33. The van der Waals surface area contributed by atoms with Crippen molar-refractivity contribution in [2.75, 3.05) is 13.1 Å². The molecule has 25 heavy (non-hydrogen) atoms. The first-order valence-electron chi connectivity index (χ1n) is 8.85. The molecule has 0 unspecified atom stereocenters. The highest BCUT2D eigenvalue weighted by atomic mass is 35.5. The van der Waals surface area contributed by atoms with Gasteiger partial charge in [-0.1, -0.05) is 60.6 Å². The molecule has 2 aliphatic rings. The molecule has 2 aromatic rings. The zero-order valence-electron chi connectivity index (χ0n) is 14.9. The highest BCUT2D eigenvalue weighted by Gasteiger charge is 2.48. The molecule has 3 heteroatoms. The number of halogens is 1. The largest absolute Gasteiger partial charge is 0.369 e. The number of fused-ring (bicyclic) bond motifs is 3. The summed E-state index contributed by atoms with van der Waals surface area (Å²) in [6.45, 7) is 11.8. The van der Waals surface area contributed by atoms with E-state index in [9.17, 15) is 0 Å². The Labute approximate surface area is 155 Å². The van der Waals surface area contributed by atoms with Crippen molar-refractivity contribution in [1.29, 1.82) is 0 Å². The SMILES string of the molecule is C=C(C)c1ccc2c(c1Cl)CO[C@@]1(C)CN(Cc3ccccc3)C[C@@H]21. The minimum Gasteiger partial charge on any atom is -0.369 e. The van der Waals surface area contributed by atoms with E-state index in [4.69, 9.17) is 16.3 Å². The Morgan fingerprint density at radius 3 is 2.76 bits per heavy atom. The second-order valence-electron chi connectivity index (χ2n) is 7.58. The first kappa shape index (κ1) is 16.8. The van der Waals surface area contributed by atoms with Gasteiger partial charge in [-0.25, -0.2) is 0 Å². The smallest absolute Gasteiger partial charge is 0.0866 e. The Bertz CT molecular complexity index is 816. The molecule has 1 saturated heterocycles. The van der Waals surface area contributed by atoms with Crippen LogP contribution in [0.3, 0.4) is 0 Å². The van der Waals surface area contributed by atoms with Crippen LogP contribution in [-0.4, -0.2) is 23.6 Å². The van der Waals surface area contributed by atoms with E-state index >= 15 is 0 Å². The lowest BCUT2D eigenvalue weighted by molar-refractivity contribution is -0.0567. The molecule has 2 aliphatic heterocycles. The van der Waals surface area contributed by atoms with Gasteiger partial charge in [0.2, 0.25) is 0 Å². The lowest BCUT2D eigenvalue weighted by atomic mass is 9.81. The zero-order valence-corrected chi connectivity index (χ0v) is 15.6. The van der Waals surface area contributed by atoms with E-state index in [1.54, 1.807) is 0 Å². The topological polar surface area (TPSA) is 12.5 Å². The van der Waals surface area contributed by atoms with Crippen molar-refractivity contribution in [1.82, 2.24) is 4.90 Å². The average molecular weight is 354 g/mol. The third-order valence-corrected chi connectivity index (χ3v) is 6.06. The van der Waals surface area contributed by atoms with Crippen molar-refractivity contribution in [2.45, 2.75) is 38.5 Å². The zero-order chi connectivity index (χ0) is 17.6. The predicted octanol–water partition coefficient (Wildman–Crippen LogP) is 5.26. The summed E-state index contributed by atoms with van der Waals surface area (Å²) < 4.78 is 6.34. The van der Waals surface area contributed by atoms with E-state index in [1.165, 1.54) is 11.1 Å². The van der Waals surface area contributed by atoms with Crippen LogP contribution in [0.2, 0.25) is 5.02 Å². The molecule has 2 aromatic carbocycles. The molecular weight excluding hydrogens is 330 g/mol. The number of likely N-dealkylation sites (tertiary alicyclic amines) is 1. The maximum absolute atomic E-state index is 6.67. The molecule has 0 saturated carbocycles. The van der Waals surface area contributed by atoms with Crippen LogP contribution in [0.4, 0.5) is 0 Å². The summed E-state index contributed by atoms with van der Waals surface area (Å²) in [5.41, 5.74) is 5.73. The highest BCUT2D eigenvalue weighted by Crippen LogP contribution is 2.47. The summed E-state index contributed by atoms with van der Waals surface area (Å²) in [6, 6.07) is 15.0. The summed E-state index contributed by atoms with van der Waals surface area (Å²) in [6.07, 6.45) is 0. The Hall–Kier alpha value is -1.61. The normalized spacial score (nSPS) is 25.5. The van der Waals surface area contributed by atoms with Crippen LogP contribution < -0.4 is 0 Å². The van der Waals surface area contributed by atoms with Crippen LogP contribution in [0.15, 0.2) is 49.0 Å². The summed E-state index contributed by atoms with van der Waals surface area (Å²) in [5.74, 6) is 0.358. The van der Waals surface area contributed by atoms with Gasteiger partial charge in [0, 0.05) is 31.1 Å². The fraction of sp³-hybridized carbons (Fsp3) is 0.364. The predicted molar refractivity (Wildman–Crippen MR) is 104 cm³/mol. The Kier molecular flexibility index (Phi) is 4.23. The minimum absolute atomic E-state index is 0.143. The van der Waals surface area contributed by atoms with Gasteiger partial charge < -0.3 is 4.74 Å². The standard InChI is InChI=1S/C22H24ClNO/c1-15(2)17-9-10-18-19(21(17)23)13-25-22(3)14-24(12-20(18)22)11-16-7-5-4-6-8-16/h4-10,20H,1,11-14H2,2-3H3/t20-,22-/m0/s1. The van der Waals surface area contributed by atoms with Crippen molar-refractivity contribution in [3.05, 3.63) is 76.3 Å². The van der Waals surface area contributed by atoms with Gasteiger partial charge in [-0.05, 0) is 36.1 Å². The summed E-state index contributed by atoms with van der Waals surface area (Å²) in [7, 11) is 0. The van der Waals surface area contributed by atoms with Gasteiger partial charge in [0.05, 0.1) is 17.2 Å². The van der Waals surface area contributed by atoms with Crippen molar-refractivity contribution in [2.24, 2.45) is 0 Å². The molecule has 4 rings (SSSR count). The van der Waals surface area contributed by atoms with Gasteiger partial charge in [0.25, 0.3) is 0 Å². The monoisotopic (exact) mass is 353 g/mol. The summed E-state index contributed by atoms with van der Waals surface area (Å²) in [4.78, 5) is 2.50. The minimum atomic E-state index is -0.143. The van der Waals surface area contributed by atoms with Crippen LogP contribution in [-0.2, 0) is 17.9 Å². The van der Waals surface area contributed by atoms with Gasteiger partial charge in [0.15, 0.2) is 0 Å². The lowest BCUT2D eigenvalue weighted by Gasteiger charge is -2.37. The fourth-order valence-electron chi connectivity index (χ4n) is 4.28. The van der Waals surface area contributed by atoms with E-state index in [0.29, 0.717) is 12.5 Å². The van der Waals surface area contributed by atoms with Crippen LogP contribution >= 0.6 is 11.6 Å². The molecule has 0 aliphatic carbocycles. The number of hydrogen-bond donors (Lipinski definition) is 0. The number of ether oxygens (including phenoxy) is 1. The molecule has 0 radical (unpaired) electrons. The molecular formula is C22H24ClNO. The molecule has 0 amide bonds. The lowest BCUT2D eigenvalue weighted by Crippen LogP contribution is -2.40. The summed E-state index contributed by atoms with van der Waals surface area (Å²) >= 11 is 6.67. The molecule has 0 N–H and O–H groups in total. The molecule has 130 valence electrons. The van der Waals surface area contributed by atoms with Crippen LogP contribution in [0.5, 0.6) is 0 Å². The quantitative estimate of drug-likeness (QED) is 0.746. The van der Waals surface area contributed by atoms with E-state index in [2.05, 4.69) is 60.9 Å². The molecule has 2 nitrogen and oxygen atoms in total. The molecule has 1 fully saturated rings. The first-order valence-corrected chi connectivity index (χ1v) is 9.23. The number of allylic oxidation sites excluding steroid dienone is 1. The van der Waals surface area contributed by atoms with Crippen LogP contribution in [0, 0.1) is 0 Å². The van der Waals surface area contributed by atoms with Gasteiger partial charge in [-0.3, -0.25) is 4.90 Å². The summed E-state index contributed by atoms with van der Waals surface area (Å²) in [5, 5.41) is 0.813. The van der Waals surface area contributed by atoms with E-state index < -0.39 is 0 Å². The molecule has 2 heterocycles. The fourth-order valence-corrected chi connectivity index (χ4v) is 4.67. The van der Waals surface area contributed by atoms with Crippen LogP contribution in [0.25, 0.3) is 5.57 Å². The maximum atomic E-state index is 6.67. The van der Waals surface area contributed by atoms with Crippen molar-refractivity contribution in [3.63, 3.8) is 0 Å². The first-order chi connectivity index (χ1) is 12.0. The van der Waals surface area contributed by atoms with E-state index in [1.807, 2.05) is 6.92 Å². The number of benzene rings is 2. The number of nitrogens with zero attached hydrogens (tertiary/aromatic N) is 1. The molecule has 0 bridgehead atoms. The average Bonchev–Trinajstić information content (AvgIpc) is 2.92. The molecule has 2 atom stereocenters. The molecule has 0 spiro atoms. The van der Waals surface area contributed by atoms with E-state index in [-0.39, 0.29) is 5.60 Å². The van der Waals surface area contributed by atoms with Crippen molar-refractivity contribution >= 4 is 17.2 Å². The Morgan fingerprint density at radius 1 is 1.28 bits per heavy atom. The van der Waals surface area contributed by atoms with Gasteiger partial charge in [-0.15, -0.1) is 0 Å².